The number of amides is 1. The van der Waals surface area contributed by atoms with Gasteiger partial charge in [-0.25, -0.2) is 4.79 Å². The lowest BCUT2D eigenvalue weighted by atomic mass is 9.82. The highest BCUT2D eigenvalue weighted by Gasteiger charge is 2.46. The van der Waals surface area contributed by atoms with Gasteiger partial charge in [0.2, 0.25) is 0 Å². The zero-order valence-corrected chi connectivity index (χ0v) is 25.4. The summed E-state index contributed by atoms with van der Waals surface area (Å²) in [5, 5.41) is 0. The highest BCUT2D eigenvalue weighted by molar-refractivity contribution is 8.32. The Morgan fingerprint density at radius 3 is 2.42 bits per heavy atom. The number of fused-ring (bicyclic) bond motifs is 1. The van der Waals surface area contributed by atoms with Crippen molar-refractivity contribution in [3.63, 3.8) is 0 Å². The summed E-state index contributed by atoms with van der Waals surface area (Å²) in [6.07, 6.45) is 0. The van der Waals surface area contributed by atoms with Crippen molar-refractivity contribution < 1.29 is 19.1 Å². The van der Waals surface area contributed by atoms with E-state index in [0.717, 1.165) is 37.1 Å². The van der Waals surface area contributed by atoms with Crippen LogP contribution in [-0.4, -0.2) is 36.0 Å². The van der Waals surface area contributed by atoms with E-state index >= 15 is 0 Å². The molecule has 0 fully saturated rings. The molecule has 0 bridgehead atoms. The molecule has 2 heterocycles. The molecule has 0 aliphatic carbocycles. The van der Waals surface area contributed by atoms with Gasteiger partial charge in [-0.3, -0.25) is 9.69 Å². The Bertz CT molecular complexity index is 1590. The van der Waals surface area contributed by atoms with E-state index in [0.29, 0.717) is 21.1 Å². The van der Waals surface area contributed by atoms with Crippen molar-refractivity contribution in [3.8, 4) is 5.75 Å². The van der Waals surface area contributed by atoms with Crippen LogP contribution >= 0.6 is 35.7 Å². The van der Waals surface area contributed by atoms with Gasteiger partial charge in [0, 0.05) is 21.6 Å². The number of thioether (sulfide) groups is 2. The van der Waals surface area contributed by atoms with Gasteiger partial charge in [-0.2, -0.15) is 0 Å². The molecular weight excluding hydrogens is 559 g/mol. The third kappa shape index (κ3) is 5.00. The number of hydrogen-bond donors (Lipinski definition) is 0. The molecular formula is C32H29NO4S3. The predicted molar refractivity (Wildman–Crippen MR) is 170 cm³/mol. The topological polar surface area (TPSA) is 55.8 Å². The normalized spacial score (nSPS) is 18.0. The highest BCUT2D eigenvalue weighted by Crippen LogP contribution is 2.58. The van der Waals surface area contributed by atoms with E-state index in [1.807, 2.05) is 75.4 Å². The van der Waals surface area contributed by atoms with E-state index in [4.69, 9.17) is 21.7 Å². The minimum atomic E-state index is -0.833. The van der Waals surface area contributed by atoms with Gasteiger partial charge in [0.1, 0.15) is 10.7 Å². The molecule has 1 amide bonds. The first-order valence-corrected chi connectivity index (χ1v) is 14.9. The maximum atomic E-state index is 14.1. The number of carbonyl (C=O) groups excluding carboxylic acids is 2. The summed E-state index contributed by atoms with van der Waals surface area (Å²) < 4.78 is 11.7. The number of aryl methyl sites for hydroxylation is 1. The van der Waals surface area contributed by atoms with Gasteiger partial charge in [0.05, 0.1) is 34.0 Å². The number of hydrogen-bond acceptors (Lipinski definition) is 7. The molecule has 3 aromatic carbocycles. The number of anilines is 1. The SMILES string of the molecule is CCOC(=O)C1=C(c2ccccc2)S/C(=C2\C(=S)C(C)(C)N(C(=O)c3cccc(OC)c3)c3ccc(C)cc32)S1. The Morgan fingerprint density at radius 2 is 1.73 bits per heavy atom. The summed E-state index contributed by atoms with van der Waals surface area (Å²) in [5.74, 6) is 0.0946. The summed E-state index contributed by atoms with van der Waals surface area (Å²) in [6.45, 7) is 8.05. The fourth-order valence-electron chi connectivity index (χ4n) is 4.84. The molecule has 8 heteroatoms. The van der Waals surface area contributed by atoms with Crippen LogP contribution < -0.4 is 9.64 Å². The first-order valence-electron chi connectivity index (χ1n) is 12.9. The fraction of sp³-hybridized carbons (Fsp3) is 0.219. The van der Waals surface area contributed by atoms with Crippen LogP contribution in [0, 0.1) is 6.92 Å². The number of nitrogens with zero attached hydrogens (tertiary/aromatic N) is 1. The lowest BCUT2D eigenvalue weighted by Crippen LogP contribution is -2.56. The number of thiocarbonyl (C=S) groups is 1. The lowest BCUT2D eigenvalue weighted by Gasteiger charge is -2.45. The Kier molecular flexibility index (Phi) is 7.95. The standard InChI is InChI=1S/C32H29NO4S3/c1-6-37-30(35)27-26(20-11-8-7-9-12-20)39-31(40-27)25-23-17-19(2)15-16-24(23)33(32(3,4)28(25)38)29(34)21-13-10-14-22(18-21)36-5/h7-18H,6H2,1-5H3/b31-25+. The number of esters is 1. The van der Waals surface area contributed by atoms with Crippen molar-refractivity contribution >= 4 is 68.6 Å². The molecule has 0 aromatic heterocycles. The molecule has 5 rings (SSSR count). The van der Waals surface area contributed by atoms with Crippen molar-refractivity contribution in [2.45, 2.75) is 33.2 Å². The molecule has 40 heavy (non-hydrogen) atoms. The summed E-state index contributed by atoms with van der Waals surface area (Å²) in [6, 6.07) is 23.1. The third-order valence-corrected chi connectivity index (χ3v) is 10.2. The van der Waals surface area contributed by atoms with Crippen LogP contribution in [0.5, 0.6) is 5.75 Å². The second-order valence-corrected chi connectivity index (χ2v) is 12.6. The monoisotopic (exact) mass is 587 g/mol. The predicted octanol–water partition coefficient (Wildman–Crippen LogP) is 7.89. The minimum Gasteiger partial charge on any atom is -0.497 e. The van der Waals surface area contributed by atoms with Gasteiger partial charge < -0.3 is 9.47 Å². The van der Waals surface area contributed by atoms with E-state index in [2.05, 4.69) is 6.07 Å². The highest BCUT2D eigenvalue weighted by atomic mass is 32.2. The maximum Gasteiger partial charge on any atom is 0.346 e. The Hall–Kier alpha value is -3.33. The van der Waals surface area contributed by atoms with Gasteiger partial charge in [-0.15, -0.1) is 0 Å². The summed E-state index contributed by atoms with van der Waals surface area (Å²) >= 11 is 9.11. The van der Waals surface area contributed by atoms with Crippen LogP contribution in [-0.2, 0) is 9.53 Å². The average molecular weight is 588 g/mol. The van der Waals surface area contributed by atoms with E-state index in [1.165, 1.54) is 23.5 Å². The van der Waals surface area contributed by atoms with E-state index < -0.39 is 5.54 Å². The third-order valence-electron chi connectivity index (χ3n) is 6.82. The molecule has 5 nitrogen and oxygen atoms in total. The van der Waals surface area contributed by atoms with Gasteiger partial charge in [0.25, 0.3) is 5.91 Å². The second kappa shape index (κ2) is 11.3. The second-order valence-electron chi connectivity index (χ2n) is 9.89. The molecule has 2 aliphatic rings. The molecule has 204 valence electrons. The van der Waals surface area contributed by atoms with Crippen molar-refractivity contribution in [1.82, 2.24) is 0 Å². The summed E-state index contributed by atoms with van der Waals surface area (Å²) in [5.41, 5.74) is 4.18. The van der Waals surface area contributed by atoms with E-state index in [1.54, 1.807) is 31.1 Å². The number of benzene rings is 3. The molecule has 0 radical (unpaired) electrons. The van der Waals surface area contributed by atoms with Gasteiger partial charge in [0.15, 0.2) is 0 Å². The molecule has 0 saturated carbocycles. The quantitative estimate of drug-likeness (QED) is 0.171. The lowest BCUT2D eigenvalue weighted by molar-refractivity contribution is -0.137. The Labute approximate surface area is 248 Å². The number of rotatable bonds is 5. The van der Waals surface area contributed by atoms with Crippen LogP contribution in [0.15, 0.2) is 81.9 Å². The minimum absolute atomic E-state index is 0.164. The molecule has 0 unspecified atom stereocenters. The first-order chi connectivity index (χ1) is 19.2. The van der Waals surface area contributed by atoms with Crippen molar-refractivity contribution in [2.24, 2.45) is 0 Å². The molecule has 2 aliphatic heterocycles. The first kappa shape index (κ1) is 28.2. The van der Waals surface area contributed by atoms with E-state index in [-0.39, 0.29) is 18.5 Å². The van der Waals surface area contributed by atoms with Gasteiger partial charge >= 0.3 is 5.97 Å². The average Bonchev–Trinajstić information content (AvgIpc) is 3.39. The van der Waals surface area contributed by atoms with Gasteiger partial charge in [-0.05, 0) is 63.6 Å². The fourth-order valence-corrected chi connectivity index (χ4v) is 7.97. The summed E-state index contributed by atoms with van der Waals surface area (Å²) in [7, 11) is 1.58. The molecule has 0 spiro atoms. The zero-order chi connectivity index (χ0) is 28.6. The van der Waals surface area contributed by atoms with E-state index in [9.17, 15) is 9.59 Å². The number of carbonyl (C=O) groups is 2. The molecule has 0 N–H and O–H groups in total. The van der Waals surface area contributed by atoms with Gasteiger partial charge in [-0.1, -0.05) is 83.8 Å². The van der Waals surface area contributed by atoms with Crippen molar-refractivity contribution in [2.75, 3.05) is 18.6 Å². The van der Waals surface area contributed by atoms with Crippen LogP contribution in [0.1, 0.15) is 47.8 Å². The van der Waals surface area contributed by atoms with Crippen molar-refractivity contribution in [3.05, 3.63) is 104 Å². The summed E-state index contributed by atoms with van der Waals surface area (Å²) in [4.78, 5) is 31.0. The Morgan fingerprint density at radius 1 is 0.975 bits per heavy atom. The van der Waals surface area contributed by atoms with Crippen LogP contribution in [0.4, 0.5) is 5.69 Å². The smallest absolute Gasteiger partial charge is 0.346 e. The maximum absolute atomic E-state index is 14.1. The van der Waals surface area contributed by atoms with Crippen LogP contribution in [0.3, 0.4) is 0 Å². The van der Waals surface area contributed by atoms with Crippen LogP contribution in [0.25, 0.3) is 10.5 Å². The van der Waals surface area contributed by atoms with Crippen LogP contribution in [0.2, 0.25) is 0 Å². The Balaban J connectivity index is 1.67. The number of ether oxygens (including phenoxy) is 2. The molecule has 3 aromatic rings. The van der Waals surface area contributed by atoms with Crippen molar-refractivity contribution in [1.29, 1.82) is 0 Å². The number of methoxy groups -OCH3 is 1. The zero-order valence-electron chi connectivity index (χ0n) is 22.9. The molecule has 0 atom stereocenters. The largest absolute Gasteiger partial charge is 0.497 e. The molecule has 0 saturated heterocycles.